The van der Waals surface area contributed by atoms with Crippen molar-refractivity contribution in [3.05, 3.63) is 47.7 Å². The Hall–Kier alpha value is -1.64. The van der Waals surface area contributed by atoms with Gasteiger partial charge in [-0.15, -0.1) is 0 Å². The van der Waals surface area contributed by atoms with Crippen molar-refractivity contribution in [3.63, 3.8) is 0 Å². The molecule has 3 heteroatoms. The third-order valence-corrected chi connectivity index (χ3v) is 2.20. The molecular weight excluding hydrogens is 152 g/mol. The molecule has 3 rings (SSSR count). The van der Waals surface area contributed by atoms with E-state index in [1.165, 1.54) is 5.70 Å². The van der Waals surface area contributed by atoms with Crippen LogP contribution in [0.15, 0.2) is 47.7 Å². The fourth-order valence-corrected chi connectivity index (χ4v) is 1.58. The van der Waals surface area contributed by atoms with E-state index in [9.17, 15) is 0 Å². The van der Waals surface area contributed by atoms with E-state index in [0.29, 0.717) is 5.92 Å². The second-order valence-electron chi connectivity index (χ2n) is 2.97. The molecule has 2 aliphatic heterocycles. The third-order valence-electron chi connectivity index (χ3n) is 2.20. The standard InChI is InChI=1S/C9H8N2O/c1-2-6-4-9-8(5-10-12-9)11-7(6)3-1/h1-6,10-11H. The monoisotopic (exact) mass is 160 g/mol. The number of hydrogen-bond acceptors (Lipinski definition) is 3. The van der Waals surface area contributed by atoms with Gasteiger partial charge in [0.15, 0.2) is 5.76 Å². The fourth-order valence-electron chi connectivity index (χ4n) is 1.58. The largest absolute Gasteiger partial charge is 0.381 e. The van der Waals surface area contributed by atoms with Crippen molar-refractivity contribution < 1.29 is 4.84 Å². The number of fused-ring (bicyclic) bond motifs is 2. The van der Waals surface area contributed by atoms with Crippen LogP contribution in [0.5, 0.6) is 0 Å². The quantitative estimate of drug-likeness (QED) is 0.552. The van der Waals surface area contributed by atoms with E-state index in [1.807, 2.05) is 6.20 Å². The van der Waals surface area contributed by atoms with Crippen molar-refractivity contribution in [3.8, 4) is 0 Å². The van der Waals surface area contributed by atoms with E-state index >= 15 is 0 Å². The third kappa shape index (κ3) is 0.652. The van der Waals surface area contributed by atoms with E-state index in [2.05, 4.69) is 35.1 Å². The molecule has 1 aliphatic carbocycles. The number of hydroxylamine groups is 1. The Morgan fingerprint density at radius 2 is 2.42 bits per heavy atom. The lowest BCUT2D eigenvalue weighted by atomic mass is 10.0. The molecule has 0 bridgehead atoms. The molecule has 0 aromatic rings. The van der Waals surface area contributed by atoms with Gasteiger partial charge in [0.25, 0.3) is 0 Å². The summed E-state index contributed by atoms with van der Waals surface area (Å²) in [4.78, 5) is 5.16. The highest BCUT2D eigenvalue weighted by molar-refractivity contribution is 5.43. The number of rotatable bonds is 0. The topological polar surface area (TPSA) is 33.3 Å². The highest BCUT2D eigenvalue weighted by Crippen LogP contribution is 2.29. The van der Waals surface area contributed by atoms with Gasteiger partial charge in [0.05, 0.1) is 6.20 Å². The van der Waals surface area contributed by atoms with Crippen LogP contribution < -0.4 is 10.8 Å². The Balaban J connectivity index is 2.07. The molecule has 2 heterocycles. The average Bonchev–Trinajstić information content (AvgIpc) is 2.64. The summed E-state index contributed by atoms with van der Waals surface area (Å²) in [5.41, 5.74) is 4.94. The van der Waals surface area contributed by atoms with E-state index < -0.39 is 0 Å². The van der Waals surface area contributed by atoms with E-state index in [-0.39, 0.29) is 0 Å². The fraction of sp³-hybridized carbons (Fsp3) is 0.111. The van der Waals surface area contributed by atoms with Gasteiger partial charge in [-0.05, 0) is 12.2 Å². The minimum atomic E-state index is 0.372. The maximum absolute atomic E-state index is 5.16. The molecule has 0 amide bonds. The number of hydrogen-bond donors (Lipinski definition) is 2. The molecule has 0 radical (unpaired) electrons. The summed E-state index contributed by atoms with van der Waals surface area (Å²) in [5.74, 6) is 1.26. The van der Waals surface area contributed by atoms with E-state index in [0.717, 1.165) is 11.5 Å². The molecule has 12 heavy (non-hydrogen) atoms. The molecular formula is C9H8N2O. The van der Waals surface area contributed by atoms with Crippen LogP contribution in [-0.2, 0) is 4.84 Å². The summed E-state index contributed by atoms with van der Waals surface area (Å²) in [7, 11) is 0. The Bertz CT molecular complexity index is 350. The molecule has 1 atom stereocenters. The smallest absolute Gasteiger partial charge is 0.177 e. The minimum absolute atomic E-state index is 0.372. The zero-order chi connectivity index (χ0) is 7.97. The lowest BCUT2D eigenvalue weighted by Gasteiger charge is -2.19. The first-order chi connectivity index (χ1) is 5.93. The van der Waals surface area contributed by atoms with Gasteiger partial charge >= 0.3 is 0 Å². The summed E-state index contributed by atoms with van der Waals surface area (Å²) in [6.45, 7) is 0. The molecule has 0 spiro atoms. The highest BCUT2D eigenvalue weighted by atomic mass is 16.7. The second-order valence-corrected chi connectivity index (χ2v) is 2.97. The van der Waals surface area contributed by atoms with Crippen molar-refractivity contribution >= 4 is 0 Å². The molecule has 0 saturated heterocycles. The summed E-state index contributed by atoms with van der Waals surface area (Å²) in [6.07, 6.45) is 10.2. The lowest BCUT2D eigenvalue weighted by molar-refractivity contribution is 0.166. The van der Waals surface area contributed by atoms with Gasteiger partial charge in [0.2, 0.25) is 0 Å². The molecule has 3 nitrogen and oxygen atoms in total. The van der Waals surface area contributed by atoms with Crippen LogP contribution in [0.4, 0.5) is 0 Å². The SMILES string of the molecule is C1=CC2C=C3ONC=C3NC2=C1. The first kappa shape index (κ1) is 5.94. The van der Waals surface area contributed by atoms with Crippen LogP contribution >= 0.6 is 0 Å². The van der Waals surface area contributed by atoms with E-state index in [4.69, 9.17) is 4.84 Å². The highest BCUT2D eigenvalue weighted by Gasteiger charge is 2.25. The first-order valence-corrected chi connectivity index (χ1v) is 3.93. The number of allylic oxidation sites excluding steroid dienone is 3. The molecule has 2 N–H and O–H groups in total. The maximum Gasteiger partial charge on any atom is 0.177 e. The van der Waals surface area contributed by atoms with Crippen LogP contribution in [-0.4, -0.2) is 0 Å². The van der Waals surface area contributed by atoms with Gasteiger partial charge in [0, 0.05) is 11.6 Å². The van der Waals surface area contributed by atoms with Gasteiger partial charge in [0.1, 0.15) is 5.70 Å². The zero-order valence-electron chi connectivity index (χ0n) is 6.37. The molecule has 60 valence electrons. The number of nitrogens with one attached hydrogen (secondary N) is 2. The van der Waals surface area contributed by atoms with Gasteiger partial charge < -0.3 is 10.2 Å². The Morgan fingerprint density at radius 1 is 1.42 bits per heavy atom. The van der Waals surface area contributed by atoms with Crippen molar-refractivity contribution in [2.75, 3.05) is 0 Å². The van der Waals surface area contributed by atoms with Gasteiger partial charge in [-0.3, -0.25) is 0 Å². The van der Waals surface area contributed by atoms with Crippen LogP contribution in [0.1, 0.15) is 0 Å². The van der Waals surface area contributed by atoms with Crippen LogP contribution in [0.3, 0.4) is 0 Å². The summed E-state index contributed by atoms with van der Waals surface area (Å²) < 4.78 is 0. The molecule has 0 saturated carbocycles. The van der Waals surface area contributed by atoms with Crippen LogP contribution in [0.2, 0.25) is 0 Å². The van der Waals surface area contributed by atoms with Crippen molar-refractivity contribution in [1.82, 2.24) is 10.8 Å². The predicted molar refractivity (Wildman–Crippen MR) is 44.2 cm³/mol. The van der Waals surface area contributed by atoms with Crippen molar-refractivity contribution in [2.24, 2.45) is 5.92 Å². The van der Waals surface area contributed by atoms with Gasteiger partial charge in [-0.1, -0.05) is 12.2 Å². The Kier molecular flexibility index (Phi) is 0.961. The second kappa shape index (κ2) is 1.94. The van der Waals surface area contributed by atoms with Gasteiger partial charge in [-0.2, -0.15) is 0 Å². The summed E-state index contributed by atoms with van der Waals surface area (Å²) in [6, 6.07) is 0. The summed E-state index contributed by atoms with van der Waals surface area (Å²) in [5, 5.41) is 3.28. The first-order valence-electron chi connectivity index (χ1n) is 3.93. The summed E-state index contributed by atoms with van der Waals surface area (Å²) >= 11 is 0. The maximum atomic E-state index is 5.16. The average molecular weight is 160 g/mol. The Morgan fingerprint density at radius 3 is 3.42 bits per heavy atom. The minimum Gasteiger partial charge on any atom is -0.381 e. The normalized spacial score (nSPS) is 28.7. The predicted octanol–water partition coefficient (Wildman–Crippen LogP) is 0.920. The molecule has 0 aromatic heterocycles. The lowest BCUT2D eigenvalue weighted by Crippen LogP contribution is -2.21. The molecule has 0 fully saturated rings. The molecule has 3 aliphatic rings. The zero-order valence-corrected chi connectivity index (χ0v) is 6.37. The van der Waals surface area contributed by atoms with E-state index in [1.54, 1.807) is 0 Å². The Labute approximate surface area is 70.1 Å². The molecule has 1 unspecified atom stereocenters. The van der Waals surface area contributed by atoms with Crippen molar-refractivity contribution in [2.45, 2.75) is 0 Å². The van der Waals surface area contributed by atoms with Crippen LogP contribution in [0, 0.1) is 5.92 Å². The van der Waals surface area contributed by atoms with Crippen LogP contribution in [0.25, 0.3) is 0 Å². The van der Waals surface area contributed by atoms with Gasteiger partial charge in [-0.25, -0.2) is 5.48 Å². The molecule has 0 aromatic carbocycles. The van der Waals surface area contributed by atoms with Crippen molar-refractivity contribution in [1.29, 1.82) is 0 Å².